The van der Waals surface area contributed by atoms with Gasteiger partial charge in [-0.3, -0.25) is 4.79 Å². The number of nitrogens with zero attached hydrogens (tertiary/aromatic N) is 1. The van der Waals surface area contributed by atoms with E-state index in [0.29, 0.717) is 0 Å². The quantitative estimate of drug-likeness (QED) is 0.846. The van der Waals surface area contributed by atoms with E-state index in [1.54, 1.807) is 0 Å². The molecule has 0 aliphatic carbocycles. The zero-order chi connectivity index (χ0) is 11.6. The van der Waals surface area contributed by atoms with Gasteiger partial charge in [0.15, 0.2) is 0 Å². The lowest BCUT2D eigenvalue weighted by atomic mass is 10.1. The minimum atomic E-state index is -2.90. The van der Waals surface area contributed by atoms with Gasteiger partial charge in [-0.1, -0.05) is 0 Å². The van der Waals surface area contributed by atoms with Crippen molar-refractivity contribution in [1.82, 2.24) is 4.98 Å². The third-order valence-electron chi connectivity index (χ3n) is 1.81. The van der Waals surface area contributed by atoms with Gasteiger partial charge >= 0.3 is 5.97 Å². The number of aromatic nitrogens is 1. The van der Waals surface area contributed by atoms with Gasteiger partial charge < -0.3 is 5.11 Å². The van der Waals surface area contributed by atoms with Crippen LogP contribution in [0.1, 0.15) is 23.4 Å². The monoisotopic (exact) mass is 219 g/mol. The lowest BCUT2D eigenvalue weighted by molar-refractivity contribution is -0.136. The summed E-state index contributed by atoms with van der Waals surface area (Å²) in [6, 6.07) is 0.790. The molecule has 0 spiro atoms. The summed E-state index contributed by atoms with van der Waals surface area (Å²) in [5.41, 5.74) is -1.13. The molecule has 3 nitrogen and oxygen atoms in total. The molecule has 6 heteroatoms. The van der Waals surface area contributed by atoms with Gasteiger partial charge in [0.25, 0.3) is 6.43 Å². The standard InChI is InChI=1S/C9H8F3NO2/c1-4-6(10)2-5(3-7(14)15)8(13-4)9(11)12/h2,9H,3H2,1H3,(H,14,15). The Labute approximate surface area is 83.6 Å². The van der Waals surface area contributed by atoms with E-state index in [1.807, 2.05) is 0 Å². The normalized spacial score (nSPS) is 10.7. The van der Waals surface area contributed by atoms with E-state index in [4.69, 9.17) is 5.11 Å². The summed E-state index contributed by atoms with van der Waals surface area (Å²) in [6.45, 7) is 1.24. The molecule has 1 heterocycles. The molecule has 0 aliphatic heterocycles. The Morgan fingerprint density at radius 3 is 2.67 bits per heavy atom. The molecular weight excluding hydrogens is 211 g/mol. The minimum Gasteiger partial charge on any atom is -0.481 e. The van der Waals surface area contributed by atoms with Gasteiger partial charge in [-0.15, -0.1) is 0 Å². The Morgan fingerprint density at radius 2 is 2.20 bits per heavy atom. The van der Waals surface area contributed by atoms with E-state index in [-0.39, 0.29) is 11.3 Å². The van der Waals surface area contributed by atoms with Gasteiger partial charge in [-0.05, 0) is 18.6 Å². The molecule has 1 rings (SSSR count). The molecule has 0 unspecified atom stereocenters. The fourth-order valence-corrected chi connectivity index (χ4v) is 1.13. The Kier molecular flexibility index (Phi) is 3.28. The van der Waals surface area contributed by atoms with Gasteiger partial charge in [-0.2, -0.15) is 0 Å². The van der Waals surface area contributed by atoms with E-state index < -0.39 is 30.3 Å². The van der Waals surface area contributed by atoms with Crippen LogP contribution in [0.25, 0.3) is 0 Å². The first-order valence-corrected chi connectivity index (χ1v) is 4.07. The van der Waals surface area contributed by atoms with Crippen LogP contribution >= 0.6 is 0 Å². The summed E-state index contributed by atoms with van der Waals surface area (Å²) in [6.07, 6.45) is -3.57. The fraction of sp³-hybridized carbons (Fsp3) is 0.333. The number of carboxylic acid groups (broad SMARTS) is 1. The Hall–Kier alpha value is -1.59. The maximum absolute atomic E-state index is 13.0. The summed E-state index contributed by atoms with van der Waals surface area (Å²) in [5.74, 6) is -2.09. The average Bonchev–Trinajstić information content (AvgIpc) is 2.09. The second kappa shape index (κ2) is 4.29. The van der Waals surface area contributed by atoms with Crippen LogP contribution in [0.3, 0.4) is 0 Å². The largest absolute Gasteiger partial charge is 0.481 e. The van der Waals surface area contributed by atoms with Crippen molar-refractivity contribution in [3.63, 3.8) is 0 Å². The smallest absolute Gasteiger partial charge is 0.307 e. The molecule has 0 aromatic carbocycles. The number of alkyl halides is 2. The van der Waals surface area contributed by atoms with Gasteiger partial charge in [0, 0.05) is 0 Å². The number of hydrogen-bond acceptors (Lipinski definition) is 2. The highest BCUT2D eigenvalue weighted by atomic mass is 19.3. The molecule has 0 saturated heterocycles. The summed E-state index contributed by atoms with van der Waals surface area (Å²) in [7, 11) is 0. The van der Waals surface area contributed by atoms with Crippen molar-refractivity contribution in [3.8, 4) is 0 Å². The molecule has 0 bridgehead atoms. The summed E-state index contributed by atoms with van der Waals surface area (Å²) >= 11 is 0. The van der Waals surface area contributed by atoms with E-state index in [9.17, 15) is 18.0 Å². The van der Waals surface area contributed by atoms with Crippen LogP contribution in [0.15, 0.2) is 6.07 Å². The molecule has 0 atom stereocenters. The Morgan fingerprint density at radius 1 is 1.60 bits per heavy atom. The summed E-state index contributed by atoms with van der Waals surface area (Å²) in [5, 5.41) is 8.44. The highest BCUT2D eigenvalue weighted by Crippen LogP contribution is 2.23. The van der Waals surface area contributed by atoms with E-state index in [2.05, 4.69) is 4.98 Å². The molecule has 0 fully saturated rings. The highest BCUT2D eigenvalue weighted by molar-refractivity contribution is 5.70. The van der Waals surface area contributed by atoms with E-state index in [1.165, 1.54) is 6.92 Å². The molecule has 0 aliphatic rings. The average molecular weight is 219 g/mol. The van der Waals surface area contributed by atoms with Crippen LogP contribution < -0.4 is 0 Å². The zero-order valence-corrected chi connectivity index (χ0v) is 7.80. The summed E-state index contributed by atoms with van der Waals surface area (Å²) in [4.78, 5) is 13.7. The molecule has 82 valence electrons. The molecule has 0 saturated carbocycles. The first-order chi connectivity index (χ1) is 6.91. The number of aryl methyl sites for hydroxylation is 1. The molecule has 1 aromatic heterocycles. The van der Waals surface area contributed by atoms with Crippen molar-refractivity contribution in [2.45, 2.75) is 19.8 Å². The Bertz CT molecular complexity index is 393. The number of hydrogen-bond donors (Lipinski definition) is 1. The SMILES string of the molecule is Cc1nc(C(F)F)c(CC(=O)O)cc1F. The first kappa shape index (κ1) is 11.5. The molecule has 1 N–H and O–H groups in total. The topological polar surface area (TPSA) is 50.2 Å². The number of carbonyl (C=O) groups is 1. The van der Waals surface area contributed by atoms with Crippen LogP contribution in [0.2, 0.25) is 0 Å². The second-order valence-electron chi connectivity index (χ2n) is 2.97. The number of carboxylic acids is 1. The van der Waals surface area contributed by atoms with Crippen LogP contribution in [0.4, 0.5) is 13.2 Å². The molecule has 1 aromatic rings. The van der Waals surface area contributed by atoms with Gasteiger partial charge in [0.05, 0.1) is 12.1 Å². The van der Waals surface area contributed by atoms with Crippen LogP contribution in [-0.4, -0.2) is 16.1 Å². The lowest BCUT2D eigenvalue weighted by Gasteiger charge is -2.07. The molecular formula is C9H8F3NO2. The lowest BCUT2D eigenvalue weighted by Crippen LogP contribution is -2.08. The van der Waals surface area contributed by atoms with Crippen LogP contribution in [-0.2, 0) is 11.2 Å². The number of halogens is 3. The van der Waals surface area contributed by atoms with Crippen molar-refractivity contribution in [2.24, 2.45) is 0 Å². The first-order valence-electron chi connectivity index (χ1n) is 4.07. The van der Waals surface area contributed by atoms with Gasteiger partial charge in [0.2, 0.25) is 0 Å². The van der Waals surface area contributed by atoms with Crippen molar-refractivity contribution in [2.75, 3.05) is 0 Å². The van der Waals surface area contributed by atoms with E-state index in [0.717, 1.165) is 6.07 Å². The fourth-order valence-electron chi connectivity index (χ4n) is 1.13. The van der Waals surface area contributed by atoms with Gasteiger partial charge in [0.1, 0.15) is 11.5 Å². The maximum atomic E-state index is 13.0. The van der Waals surface area contributed by atoms with Crippen molar-refractivity contribution in [1.29, 1.82) is 0 Å². The molecule has 0 amide bonds. The zero-order valence-electron chi connectivity index (χ0n) is 7.80. The third kappa shape index (κ3) is 2.68. The van der Waals surface area contributed by atoms with Crippen LogP contribution in [0, 0.1) is 12.7 Å². The van der Waals surface area contributed by atoms with E-state index >= 15 is 0 Å². The van der Waals surface area contributed by atoms with Crippen molar-refractivity contribution >= 4 is 5.97 Å². The molecule has 15 heavy (non-hydrogen) atoms. The predicted octanol–water partition coefficient (Wildman–Crippen LogP) is 2.09. The summed E-state index contributed by atoms with van der Waals surface area (Å²) < 4.78 is 37.8. The number of aliphatic carboxylic acids is 1. The minimum absolute atomic E-state index is 0.167. The van der Waals surface area contributed by atoms with Crippen molar-refractivity contribution < 1.29 is 23.1 Å². The highest BCUT2D eigenvalue weighted by Gasteiger charge is 2.19. The Balaban J connectivity index is 3.21. The van der Waals surface area contributed by atoms with Gasteiger partial charge in [-0.25, -0.2) is 18.2 Å². The van der Waals surface area contributed by atoms with Crippen molar-refractivity contribution in [3.05, 3.63) is 28.8 Å². The molecule has 0 radical (unpaired) electrons. The number of rotatable bonds is 3. The maximum Gasteiger partial charge on any atom is 0.307 e. The second-order valence-corrected chi connectivity index (χ2v) is 2.97. The third-order valence-corrected chi connectivity index (χ3v) is 1.81. The predicted molar refractivity (Wildman–Crippen MR) is 45.2 cm³/mol. The van der Waals surface area contributed by atoms with Crippen LogP contribution in [0.5, 0.6) is 0 Å². The number of pyridine rings is 1.